The van der Waals surface area contributed by atoms with Crippen molar-refractivity contribution in [3.05, 3.63) is 59.9 Å². The second kappa shape index (κ2) is 10.1. The van der Waals surface area contributed by atoms with Crippen molar-refractivity contribution in [3.8, 4) is 0 Å². The number of anilines is 1. The molecule has 0 spiro atoms. The molecule has 1 aromatic heterocycles. The van der Waals surface area contributed by atoms with Gasteiger partial charge >= 0.3 is 11.8 Å². The molecule has 7 heteroatoms. The Morgan fingerprint density at radius 1 is 0.926 bits per heavy atom. The first-order valence-corrected chi connectivity index (χ1v) is 8.80. The van der Waals surface area contributed by atoms with Gasteiger partial charge in [0, 0.05) is 37.6 Å². The minimum Gasteiger partial charge on any atom is -0.352 e. The van der Waals surface area contributed by atoms with E-state index >= 15 is 0 Å². The Hall–Kier alpha value is -3.22. The summed E-state index contributed by atoms with van der Waals surface area (Å²) >= 11 is 0. The third kappa shape index (κ3) is 6.89. The molecule has 142 valence electrons. The lowest BCUT2D eigenvalue weighted by molar-refractivity contribution is -0.136. The van der Waals surface area contributed by atoms with Gasteiger partial charge in [0.1, 0.15) is 0 Å². The Bertz CT molecular complexity index is 774. The number of hydrogen-bond donors (Lipinski definition) is 3. The van der Waals surface area contributed by atoms with Crippen LogP contribution in [0, 0.1) is 0 Å². The SMILES string of the molecule is CC(C)c1ccc(NC(=O)C(=O)NCCC(=O)NCc2ccncc2)cc1. The maximum absolute atomic E-state index is 11.9. The number of pyridine rings is 1. The molecule has 0 bridgehead atoms. The van der Waals surface area contributed by atoms with Gasteiger partial charge in [0.2, 0.25) is 5.91 Å². The largest absolute Gasteiger partial charge is 0.352 e. The lowest BCUT2D eigenvalue weighted by atomic mass is 10.0. The first kappa shape index (κ1) is 20.1. The van der Waals surface area contributed by atoms with Gasteiger partial charge in [0.05, 0.1) is 0 Å². The molecule has 1 aromatic carbocycles. The molecule has 1 heterocycles. The van der Waals surface area contributed by atoms with Crippen molar-refractivity contribution in [1.29, 1.82) is 0 Å². The number of nitrogens with one attached hydrogen (secondary N) is 3. The molecule has 0 saturated heterocycles. The van der Waals surface area contributed by atoms with Gasteiger partial charge in [0.25, 0.3) is 0 Å². The zero-order valence-electron chi connectivity index (χ0n) is 15.5. The van der Waals surface area contributed by atoms with E-state index < -0.39 is 11.8 Å². The highest BCUT2D eigenvalue weighted by Gasteiger charge is 2.14. The number of rotatable bonds is 7. The lowest BCUT2D eigenvalue weighted by Gasteiger charge is -2.09. The zero-order valence-corrected chi connectivity index (χ0v) is 15.5. The minimum atomic E-state index is -0.773. The number of nitrogens with zero attached hydrogens (tertiary/aromatic N) is 1. The van der Waals surface area contributed by atoms with Crippen LogP contribution in [-0.4, -0.2) is 29.3 Å². The van der Waals surface area contributed by atoms with E-state index in [-0.39, 0.29) is 18.9 Å². The first-order chi connectivity index (χ1) is 13.0. The number of carbonyl (C=O) groups is 3. The smallest absolute Gasteiger partial charge is 0.313 e. The molecule has 0 aliphatic heterocycles. The summed E-state index contributed by atoms with van der Waals surface area (Å²) in [7, 11) is 0. The fraction of sp³-hybridized carbons (Fsp3) is 0.300. The van der Waals surface area contributed by atoms with E-state index in [0.717, 1.165) is 11.1 Å². The molecule has 0 fully saturated rings. The third-order valence-corrected chi connectivity index (χ3v) is 3.92. The van der Waals surface area contributed by atoms with E-state index in [1.807, 2.05) is 12.1 Å². The molecule has 7 nitrogen and oxygen atoms in total. The van der Waals surface area contributed by atoms with Crippen LogP contribution in [-0.2, 0) is 20.9 Å². The van der Waals surface area contributed by atoms with Gasteiger partial charge in [-0.1, -0.05) is 26.0 Å². The summed E-state index contributed by atoms with van der Waals surface area (Å²) in [5.74, 6) is -1.35. The van der Waals surface area contributed by atoms with E-state index in [4.69, 9.17) is 0 Å². The standard InChI is InChI=1S/C20H24N4O3/c1-14(2)16-3-5-17(6-4-16)24-20(27)19(26)22-12-9-18(25)23-13-15-7-10-21-11-8-15/h3-8,10-11,14H,9,12-13H2,1-2H3,(H,22,26)(H,23,25)(H,24,27). The quantitative estimate of drug-likeness (QED) is 0.651. The van der Waals surface area contributed by atoms with Gasteiger partial charge in [-0.05, 0) is 41.3 Å². The Labute approximate surface area is 158 Å². The maximum Gasteiger partial charge on any atom is 0.313 e. The summed E-state index contributed by atoms with van der Waals surface area (Å²) in [4.78, 5) is 39.4. The van der Waals surface area contributed by atoms with Crippen LogP contribution >= 0.6 is 0 Å². The summed E-state index contributed by atoms with van der Waals surface area (Å²) in [6.07, 6.45) is 3.39. The van der Waals surface area contributed by atoms with Crippen molar-refractivity contribution in [2.45, 2.75) is 32.7 Å². The molecule has 0 atom stereocenters. The fourth-order valence-electron chi connectivity index (χ4n) is 2.30. The molecule has 0 unspecified atom stereocenters. The van der Waals surface area contributed by atoms with Gasteiger partial charge in [-0.15, -0.1) is 0 Å². The third-order valence-electron chi connectivity index (χ3n) is 3.92. The number of aromatic nitrogens is 1. The molecule has 0 aliphatic carbocycles. The Balaban J connectivity index is 1.68. The lowest BCUT2D eigenvalue weighted by Crippen LogP contribution is -2.37. The predicted molar refractivity (Wildman–Crippen MR) is 103 cm³/mol. The van der Waals surface area contributed by atoms with Gasteiger partial charge in [-0.25, -0.2) is 0 Å². The van der Waals surface area contributed by atoms with E-state index in [1.165, 1.54) is 0 Å². The van der Waals surface area contributed by atoms with E-state index in [2.05, 4.69) is 34.8 Å². The van der Waals surface area contributed by atoms with Crippen molar-refractivity contribution in [1.82, 2.24) is 15.6 Å². The molecule has 0 aliphatic rings. The predicted octanol–water partition coefficient (Wildman–Crippen LogP) is 1.97. The number of hydrogen-bond acceptors (Lipinski definition) is 4. The van der Waals surface area contributed by atoms with Crippen molar-refractivity contribution >= 4 is 23.4 Å². The molecule has 2 aromatic rings. The second-order valence-electron chi connectivity index (χ2n) is 6.37. The van der Waals surface area contributed by atoms with Crippen molar-refractivity contribution in [3.63, 3.8) is 0 Å². The van der Waals surface area contributed by atoms with Crippen molar-refractivity contribution in [2.24, 2.45) is 0 Å². The van der Waals surface area contributed by atoms with Gasteiger partial charge in [-0.2, -0.15) is 0 Å². The van der Waals surface area contributed by atoms with Crippen LogP contribution in [0.2, 0.25) is 0 Å². The molecule has 0 saturated carbocycles. The van der Waals surface area contributed by atoms with Crippen LogP contribution in [0.3, 0.4) is 0 Å². The molecular formula is C20H24N4O3. The highest BCUT2D eigenvalue weighted by Crippen LogP contribution is 2.16. The van der Waals surface area contributed by atoms with E-state index in [0.29, 0.717) is 18.2 Å². The van der Waals surface area contributed by atoms with E-state index in [1.54, 1.807) is 36.7 Å². The normalized spacial score (nSPS) is 10.3. The monoisotopic (exact) mass is 368 g/mol. The average molecular weight is 368 g/mol. The minimum absolute atomic E-state index is 0.0840. The molecule has 27 heavy (non-hydrogen) atoms. The number of benzene rings is 1. The van der Waals surface area contributed by atoms with Crippen LogP contribution in [0.25, 0.3) is 0 Å². The van der Waals surface area contributed by atoms with Crippen LogP contribution in [0.15, 0.2) is 48.8 Å². The van der Waals surface area contributed by atoms with Crippen LogP contribution in [0.5, 0.6) is 0 Å². The second-order valence-corrected chi connectivity index (χ2v) is 6.37. The van der Waals surface area contributed by atoms with Crippen molar-refractivity contribution in [2.75, 3.05) is 11.9 Å². The number of carbonyl (C=O) groups excluding carboxylic acids is 3. The molecule has 3 N–H and O–H groups in total. The molecule has 0 radical (unpaired) electrons. The maximum atomic E-state index is 11.9. The Morgan fingerprint density at radius 2 is 1.59 bits per heavy atom. The zero-order chi connectivity index (χ0) is 19.6. The van der Waals surface area contributed by atoms with Gasteiger partial charge in [0.15, 0.2) is 0 Å². The number of amides is 3. The first-order valence-electron chi connectivity index (χ1n) is 8.80. The van der Waals surface area contributed by atoms with Crippen LogP contribution in [0.4, 0.5) is 5.69 Å². The van der Waals surface area contributed by atoms with Crippen LogP contribution < -0.4 is 16.0 Å². The highest BCUT2D eigenvalue weighted by molar-refractivity contribution is 6.39. The fourth-order valence-corrected chi connectivity index (χ4v) is 2.30. The van der Waals surface area contributed by atoms with Crippen molar-refractivity contribution < 1.29 is 14.4 Å². The Kier molecular flexibility index (Phi) is 7.49. The van der Waals surface area contributed by atoms with Gasteiger partial charge < -0.3 is 16.0 Å². The molecular weight excluding hydrogens is 344 g/mol. The van der Waals surface area contributed by atoms with Crippen LogP contribution in [0.1, 0.15) is 37.3 Å². The highest BCUT2D eigenvalue weighted by atomic mass is 16.2. The summed E-state index contributed by atoms with van der Waals surface area (Å²) in [6, 6.07) is 10.9. The van der Waals surface area contributed by atoms with Gasteiger partial charge in [-0.3, -0.25) is 19.4 Å². The Morgan fingerprint density at radius 3 is 2.22 bits per heavy atom. The summed E-state index contributed by atoms with van der Waals surface area (Å²) in [6.45, 7) is 4.63. The molecule has 2 rings (SSSR count). The topological polar surface area (TPSA) is 100 Å². The summed E-state index contributed by atoms with van der Waals surface area (Å²) in [5.41, 5.74) is 2.63. The summed E-state index contributed by atoms with van der Waals surface area (Å²) in [5, 5.41) is 7.71. The average Bonchev–Trinajstić information content (AvgIpc) is 2.67. The molecule has 3 amide bonds. The summed E-state index contributed by atoms with van der Waals surface area (Å²) < 4.78 is 0. The van der Waals surface area contributed by atoms with E-state index in [9.17, 15) is 14.4 Å².